The molecule has 2 aromatic rings. The van der Waals surface area contributed by atoms with E-state index in [0.29, 0.717) is 0 Å². The molecule has 0 aliphatic rings. The molecule has 2 rings (SSSR count). The van der Waals surface area contributed by atoms with Crippen molar-refractivity contribution in [3.05, 3.63) is 59.9 Å². The van der Waals surface area contributed by atoms with Crippen molar-refractivity contribution in [2.75, 3.05) is 20.2 Å². The predicted molar refractivity (Wildman–Crippen MR) is 85.0 cm³/mol. The van der Waals surface area contributed by atoms with Crippen LogP contribution in [0.2, 0.25) is 0 Å². The summed E-state index contributed by atoms with van der Waals surface area (Å²) in [4.78, 5) is 6.47. The summed E-state index contributed by atoms with van der Waals surface area (Å²) in [6, 6.07) is 12.3. The van der Waals surface area contributed by atoms with Gasteiger partial charge in [-0.25, -0.2) is 0 Å². The zero-order valence-corrected chi connectivity index (χ0v) is 12.5. The summed E-state index contributed by atoms with van der Waals surface area (Å²) in [5, 5.41) is 0. The van der Waals surface area contributed by atoms with Gasteiger partial charge in [0.2, 0.25) is 0 Å². The maximum absolute atomic E-state index is 5.65. The van der Waals surface area contributed by atoms with Gasteiger partial charge in [0.25, 0.3) is 0 Å². The van der Waals surface area contributed by atoms with E-state index < -0.39 is 0 Å². The summed E-state index contributed by atoms with van der Waals surface area (Å²) < 4.78 is 5.20. The predicted octanol–water partition coefficient (Wildman–Crippen LogP) is 2.44. The number of methoxy groups -OCH3 is 1. The molecule has 21 heavy (non-hydrogen) atoms. The summed E-state index contributed by atoms with van der Waals surface area (Å²) in [6.45, 7) is 3.53. The molecule has 2 N–H and O–H groups in total. The Bertz CT molecular complexity index is 513. The second-order valence-corrected chi connectivity index (χ2v) is 5.06. The number of pyridine rings is 1. The lowest BCUT2D eigenvalue weighted by molar-refractivity contribution is 0.255. The van der Waals surface area contributed by atoms with E-state index in [1.165, 1.54) is 11.1 Å². The van der Waals surface area contributed by atoms with Crippen LogP contribution in [-0.4, -0.2) is 30.1 Å². The van der Waals surface area contributed by atoms with Crippen LogP contribution in [0, 0.1) is 0 Å². The topological polar surface area (TPSA) is 51.4 Å². The Balaban J connectivity index is 2.00. The van der Waals surface area contributed by atoms with Gasteiger partial charge < -0.3 is 10.5 Å². The second-order valence-electron chi connectivity index (χ2n) is 5.06. The molecule has 0 saturated heterocycles. The molecule has 0 saturated carbocycles. The normalized spacial score (nSPS) is 10.8. The minimum absolute atomic E-state index is 0.718. The number of hydrogen-bond acceptors (Lipinski definition) is 4. The third-order valence-electron chi connectivity index (χ3n) is 3.40. The van der Waals surface area contributed by atoms with Crippen LogP contribution < -0.4 is 10.5 Å². The van der Waals surface area contributed by atoms with Gasteiger partial charge in [-0.2, -0.15) is 0 Å². The molecule has 4 heteroatoms. The number of nitrogens with zero attached hydrogens (tertiary/aromatic N) is 2. The molecule has 0 unspecified atom stereocenters. The van der Waals surface area contributed by atoms with Gasteiger partial charge in [-0.15, -0.1) is 0 Å². The molecule has 1 aromatic heterocycles. The van der Waals surface area contributed by atoms with Crippen LogP contribution in [0.1, 0.15) is 17.5 Å². The molecule has 4 nitrogen and oxygen atoms in total. The van der Waals surface area contributed by atoms with Crippen molar-refractivity contribution in [3.8, 4) is 5.75 Å². The van der Waals surface area contributed by atoms with E-state index >= 15 is 0 Å². The molecule has 0 bridgehead atoms. The van der Waals surface area contributed by atoms with Crippen LogP contribution in [0.4, 0.5) is 0 Å². The molecular formula is C17H23N3O. The zero-order chi connectivity index (χ0) is 14.9. The van der Waals surface area contributed by atoms with Gasteiger partial charge in [0.05, 0.1) is 7.11 Å². The van der Waals surface area contributed by atoms with E-state index in [1.807, 2.05) is 24.5 Å². The molecule has 0 radical (unpaired) electrons. The second kappa shape index (κ2) is 8.39. The van der Waals surface area contributed by atoms with Gasteiger partial charge in [-0.1, -0.05) is 12.1 Å². The first-order valence-electron chi connectivity index (χ1n) is 7.26. The quantitative estimate of drug-likeness (QED) is 0.809. The first-order valence-corrected chi connectivity index (χ1v) is 7.26. The van der Waals surface area contributed by atoms with Gasteiger partial charge in [0, 0.05) is 32.0 Å². The average Bonchev–Trinajstić information content (AvgIpc) is 2.54. The van der Waals surface area contributed by atoms with Gasteiger partial charge in [-0.3, -0.25) is 9.88 Å². The van der Waals surface area contributed by atoms with Gasteiger partial charge in [0.1, 0.15) is 5.75 Å². The van der Waals surface area contributed by atoms with E-state index in [0.717, 1.165) is 38.3 Å². The highest BCUT2D eigenvalue weighted by Crippen LogP contribution is 2.14. The molecule has 112 valence electrons. The Morgan fingerprint density at radius 3 is 2.19 bits per heavy atom. The highest BCUT2D eigenvalue weighted by atomic mass is 16.5. The third-order valence-corrected chi connectivity index (χ3v) is 3.40. The molecule has 1 heterocycles. The molecule has 0 spiro atoms. The van der Waals surface area contributed by atoms with E-state index in [1.54, 1.807) is 7.11 Å². The largest absolute Gasteiger partial charge is 0.497 e. The monoisotopic (exact) mass is 285 g/mol. The van der Waals surface area contributed by atoms with Crippen molar-refractivity contribution in [2.24, 2.45) is 5.73 Å². The van der Waals surface area contributed by atoms with Gasteiger partial charge in [-0.05, 0) is 48.4 Å². The molecule has 0 aliphatic heterocycles. The lowest BCUT2D eigenvalue weighted by Crippen LogP contribution is -2.25. The SMILES string of the molecule is COc1ccc(CN(CCCN)Cc2ccncc2)cc1. The number of benzene rings is 1. The first kappa shape index (κ1) is 15.5. The van der Waals surface area contributed by atoms with Crippen molar-refractivity contribution in [2.45, 2.75) is 19.5 Å². The summed E-state index contributed by atoms with van der Waals surface area (Å²) in [5.74, 6) is 0.890. The number of hydrogen-bond donors (Lipinski definition) is 1. The fraction of sp³-hybridized carbons (Fsp3) is 0.353. The highest BCUT2D eigenvalue weighted by Gasteiger charge is 2.07. The summed E-state index contributed by atoms with van der Waals surface area (Å²) >= 11 is 0. The van der Waals surface area contributed by atoms with Crippen LogP contribution >= 0.6 is 0 Å². The molecular weight excluding hydrogens is 262 g/mol. The molecule has 0 fully saturated rings. The van der Waals surface area contributed by atoms with Crippen molar-refractivity contribution in [1.82, 2.24) is 9.88 Å². The average molecular weight is 285 g/mol. The van der Waals surface area contributed by atoms with Crippen molar-refractivity contribution in [1.29, 1.82) is 0 Å². The maximum atomic E-state index is 5.65. The Kier molecular flexibility index (Phi) is 6.19. The van der Waals surface area contributed by atoms with Crippen LogP contribution in [0.5, 0.6) is 5.75 Å². The number of rotatable bonds is 8. The smallest absolute Gasteiger partial charge is 0.118 e. The lowest BCUT2D eigenvalue weighted by Gasteiger charge is -2.22. The minimum atomic E-state index is 0.718. The molecule has 1 aromatic carbocycles. The fourth-order valence-corrected chi connectivity index (χ4v) is 2.26. The summed E-state index contributed by atoms with van der Waals surface area (Å²) in [7, 11) is 1.69. The minimum Gasteiger partial charge on any atom is -0.497 e. The number of ether oxygens (including phenoxy) is 1. The lowest BCUT2D eigenvalue weighted by atomic mass is 10.1. The Morgan fingerprint density at radius 2 is 1.62 bits per heavy atom. The first-order chi connectivity index (χ1) is 10.3. The van der Waals surface area contributed by atoms with E-state index in [9.17, 15) is 0 Å². The van der Waals surface area contributed by atoms with Crippen LogP contribution in [0.15, 0.2) is 48.8 Å². The highest BCUT2D eigenvalue weighted by molar-refractivity contribution is 5.27. The Labute approximate surface area is 126 Å². The molecule has 0 atom stereocenters. The fourth-order valence-electron chi connectivity index (χ4n) is 2.26. The third kappa shape index (κ3) is 5.17. The van der Waals surface area contributed by atoms with Crippen LogP contribution in [0.25, 0.3) is 0 Å². The Hall–Kier alpha value is -1.91. The summed E-state index contributed by atoms with van der Waals surface area (Å²) in [6.07, 6.45) is 4.68. The van der Waals surface area contributed by atoms with E-state index in [4.69, 9.17) is 10.5 Å². The van der Waals surface area contributed by atoms with Crippen LogP contribution in [0.3, 0.4) is 0 Å². The maximum Gasteiger partial charge on any atom is 0.118 e. The van der Waals surface area contributed by atoms with Crippen molar-refractivity contribution < 1.29 is 4.74 Å². The van der Waals surface area contributed by atoms with Crippen molar-refractivity contribution in [3.63, 3.8) is 0 Å². The Morgan fingerprint density at radius 1 is 1.00 bits per heavy atom. The van der Waals surface area contributed by atoms with E-state index in [-0.39, 0.29) is 0 Å². The zero-order valence-electron chi connectivity index (χ0n) is 12.5. The summed E-state index contributed by atoms with van der Waals surface area (Å²) in [5.41, 5.74) is 8.20. The van der Waals surface area contributed by atoms with Gasteiger partial charge in [0.15, 0.2) is 0 Å². The molecule has 0 amide bonds. The van der Waals surface area contributed by atoms with E-state index in [2.05, 4.69) is 34.1 Å². The number of aromatic nitrogens is 1. The van der Waals surface area contributed by atoms with Crippen LogP contribution in [-0.2, 0) is 13.1 Å². The standard InChI is InChI=1S/C17H23N3O/c1-21-17-5-3-15(4-6-17)13-20(12-2-9-18)14-16-7-10-19-11-8-16/h3-8,10-11H,2,9,12-14,18H2,1H3. The van der Waals surface area contributed by atoms with Gasteiger partial charge >= 0.3 is 0 Å². The van der Waals surface area contributed by atoms with Crippen molar-refractivity contribution >= 4 is 0 Å². The number of nitrogens with two attached hydrogens (primary N) is 1. The molecule has 0 aliphatic carbocycles.